The minimum absolute atomic E-state index is 0.135. The summed E-state index contributed by atoms with van der Waals surface area (Å²) in [7, 11) is 1.66. The molecule has 4 rings (SSSR count). The number of aromatic nitrogens is 1. The van der Waals surface area contributed by atoms with Gasteiger partial charge in [0.25, 0.3) is 0 Å². The molecule has 0 aliphatic heterocycles. The normalized spacial score (nSPS) is 10.7. The number of pyridine rings is 1. The van der Waals surface area contributed by atoms with Crippen molar-refractivity contribution in [1.82, 2.24) is 10.3 Å². The van der Waals surface area contributed by atoms with Crippen molar-refractivity contribution in [3.63, 3.8) is 0 Å². The Balaban J connectivity index is 1.39. The number of methoxy groups -OCH3 is 1. The minimum atomic E-state index is 0.135. The lowest BCUT2D eigenvalue weighted by Crippen LogP contribution is -2.18. The van der Waals surface area contributed by atoms with E-state index in [0.717, 1.165) is 34.5 Å². The molecule has 0 saturated carbocycles. The van der Waals surface area contributed by atoms with Gasteiger partial charge >= 0.3 is 0 Å². The van der Waals surface area contributed by atoms with Crippen molar-refractivity contribution in [3.05, 3.63) is 114 Å². The molecule has 35 heavy (non-hydrogen) atoms. The van der Waals surface area contributed by atoms with Crippen LogP contribution in [-0.2, 0) is 19.5 Å². The van der Waals surface area contributed by atoms with Crippen LogP contribution in [0, 0.1) is 10.8 Å². The molecule has 1 heterocycles. The second kappa shape index (κ2) is 11.2. The number of nitrogens with two attached hydrogens (primary N) is 1. The van der Waals surface area contributed by atoms with Crippen molar-refractivity contribution in [2.45, 2.75) is 19.5 Å². The lowest BCUT2D eigenvalue weighted by atomic mass is 9.95. The molecule has 0 spiro atoms. The second-order valence-corrected chi connectivity index (χ2v) is 8.35. The molecule has 6 heteroatoms. The third kappa shape index (κ3) is 6.19. The summed E-state index contributed by atoms with van der Waals surface area (Å²) in [6, 6.07) is 25.5. The molecule has 176 valence electrons. The first kappa shape index (κ1) is 23.9. The fraction of sp³-hybridized carbons (Fsp3) is 0.138. The molecule has 5 N–H and O–H groups in total. The van der Waals surface area contributed by atoms with E-state index < -0.39 is 0 Å². The van der Waals surface area contributed by atoms with Gasteiger partial charge in [-0.25, -0.2) is 0 Å². The van der Waals surface area contributed by atoms with E-state index in [1.54, 1.807) is 25.6 Å². The maximum Gasteiger partial charge on any atom is 0.118 e. The van der Waals surface area contributed by atoms with Gasteiger partial charge in [-0.3, -0.25) is 10.4 Å². The number of rotatable bonds is 10. The average molecular weight is 464 g/mol. The van der Waals surface area contributed by atoms with E-state index in [9.17, 15) is 0 Å². The van der Waals surface area contributed by atoms with E-state index in [1.807, 2.05) is 60.7 Å². The largest absolute Gasteiger partial charge is 0.497 e. The van der Waals surface area contributed by atoms with Crippen LogP contribution < -0.4 is 15.8 Å². The molecular formula is C29H29N5O. The van der Waals surface area contributed by atoms with Crippen LogP contribution in [-0.4, -0.2) is 23.5 Å². The number of ether oxygens (including phenoxy) is 1. The molecular weight excluding hydrogens is 434 g/mol. The van der Waals surface area contributed by atoms with Gasteiger partial charge in [-0.1, -0.05) is 48.5 Å². The Kier molecular flexibility index (Phi) is 7.65. The Morgan fingerprint density at radius 2 is 1.63 bits per heavy atom. The van der Waals surface area contributed by atoms with Crippen molar-refractivity contribution >= 4 is 17.1 Å². The van der Waals surface area contributed by atoms with Crippen molar-refractivity contribution in [1.29, 1.82) is 10.8 Å². The molecule has 3 aromatic carbocycles. The van der Waals surface area contributed by atoms with E-state index in [2.05, 4.69) is 22.4 Å². The summed E-state index contributed by atoms with van der Waals surface area (Å²) < 4.78 is 5.20. The zero-order valence-electron chi connectivity index (χ0n) is 19.7. The quantitative estimate of drug-likeness (QED) is 0.190. The number of anilines is 1. The van der Waals surface area contributed by atoms with Crippen molar-refractivity contribution in [2.75, 3.05) is 12.8 Å². The third-order valence-corrected chi connectivity index (χ3v) is 5.81. The number of nitrogen functional groups attached to an aromatic ring is 1. The predicted molar refractivity (Wildman–Crippen MR) is 142 cm³/mol. The standard InChI is InChI=1S/C29H29N5O/c1-35-25-10-7-20(8-11-25)17-34-18-22-5-2-4-21(14-22)15-28(31)29(32)26-16-23(9-12-27(26)30)24-6-3-13-33-19-24/h2-14,16,19,31-32,34H,15,17-18,30H2,1H3. The van der Waals surface area contributed by atoms with Crippen LogP contribution >= 0.6 is 0 Å². The van der Waals surface area contributed by atoms with Gasteiger partial charge in [0.2, 0.25) is 0 Å². The van der Waals surface area contributed by atoms with E-state index in [1.165, 1.54) is 5.56 Å². The minimum Gasteiger partial charge on any atom is -0.497 e. The fourth-order valence-electron chi connectivity index (χ4n) is 3.89. The first-order valence-corrected chi connectivity index (χ1v) is 11.4. The molecule has 0 atom stereocenters. The van der Waals surface area contributed by atoms with Gasteiger partial charge in [0.15, 0.2) is 0 Å². The summed E-state index contributed by atoms with van der Waals surface area (Å²) >= 11 is 0. The van der Waals surface area contributed by atoms with E-state index >= 15 is 0 Å². The summed E-state index contributed by atoms with van der Waals surface area (Å²) in [6.45, 7) is 1.46. The highest BCUT2D eigenvalue weighted by Crippen LogP contribution is 2.24. The van der Waals surface area contributed by atoms with Crippen molar-refractivity contribution in [3.8, 4) is 16.9 Å². The van der Waals surface area contributed by atoms with Crippen LogP contribution in [0.4, 0.5) is 5.69 Å². The topological polar surface area (TPSA) is 108 Å². The van der Waals surface area contributed by atoms with Crippen LogP contribution in [0.1, 0.15) is 22.3 Å². The van der Waals surface area contributed by atoms with Crippen LogP contribution in [0.15, 0.2) is 91.3 Å². The summed E-state index contributed by atoms with van der Waals surface area (Å²) in [4.78, 5) is 4.17. The molecule has 0 bridgehead atoms. The molecule has 0 unspecified atom stereocenters. The fourth-order valence-corrected chi connectivity index (χ4v) is 3.89. The Morgan fingerprint density at radius 3 is 2.37 bits per heavy atom. The maximum atomic E-state index is 8.63. The first-order chi connectivity index (χ1) is 17.0. The molecule has 1 aromatic heterocycles. The predicted octanol–water partition coefficient (Wildman–Crippen LogP) is 5.26. The molecule has 4 aromatic rings. The summed E-state index contributed by atoms with van der Waals surface area (Å²) in [5.41, 5.74) is 12.8. The molecule has 0 aliphatic carbocycles. The van der Waals surface area contributed by atoms with E-state index in [4.69, 9.17) is 21.3 Å². The van der Waals surface area contributed by atoms with Crippen LogP contribution in [0.3, 0.4) is 0 Å². The van der Waals surface area contributed by atoms with Crippen LogP contribution in [0.2, 0.25) is 0 Å². The highest BCUT2D eigenvalue weighted by Gasteiger charge is 2.14. The van der Waals surface area contributed by atoms with Crippen LogP contribution in [0.5, 0.6) is 5.75 Å². The monoisotopic (exact) mass is 463 g/mol. The smallest absolute Gasteiger partial charge is 0.118 e. The zero-order valence-corrected chi connectivity index (χ0v) is 19.7. The van der Waals surface area contributed by atoms with Crippen molar-refractivity contribution < 1.29 is 4.74 Å². The molecule has 6 nitrogen and oxygen atoms in total. The summed E-state index contributed by atoms with van der Waals surface area (Å²) in [5, 5.41) is 20.7. The summed E-state index contributed by atoms with van der Waals surface area (Å²) in [5.74, 6) is 0.847. The molecule has 0 aliphatic rings. The lowest BCUT2D eigenvalue weighted by molar-refractivity contribution is 0.414. The third-order valence-electron chi connectivity index (χ3n) is 5.81. The zero-order chi connectivity index (χ0) is 24.6. The number of benzene rings is 3. The molecule has 0 saturated heterocycles. The Labute approximate surface area is 205 Å². The number of nitrogens with zero attached hydrogens (tertiary/aromatic N) is 1. The van der Waals surface area contributed by atoms with Gasteiger partial charge < -0.3 is 21.2 Å². The van der Waals surface area contributed by atoms with Crippen molar-refractivity contribution in [2.24, 2.45) is 0 Å². The Morgan fingerprint density at radius 1 is 0.857 bits per heavy atom. The Hall–Kier alpha value is -4.29. The van der Waals surface area contributed by atoms with E-state index in [0.29, 0.717) is 24.2 Å². The molecule has 0 fully saturated rings. The highest BCUT2D eigenvalue weighted by molar-refractivity contribution is 6.47. The molecule has 0 radical (unpaired) electrons. The highest BCUT2D eigenvalue weighted by atomic mass is 16.5. The number of hydrogen-bond donors (Lipinski definition) is 4. The van der Waals surface area contributed by atoms with Crippen LogP contribution in [0.25, 0.3) is 11.1 Å². The van der Waals surface area contributed by atoms with E-state index in [-0.39, 0.29) is 11.4 Å². The number of hydrogen-bond acceptors (Lipinski definition) is 6. The summed E-state index contributed by atoms with van der Waals surface area (Å²) in [6.07, 6.45) is 3.86. The number of nitrogens with one attached hydrogen (secondary N) is 3. The second-order valence-electron chi connectivity index (χ2n) is 8.35. The van der Waals surface area contributed by atoms with Gasteiger partial charge in [-0.2, -0.15) is 0 Å². The molecule has 0 amide bonds. The first-order valence-electron chi connectivity index (χ1n) is 11.4. The Bertz CT molecular complexity index is 1320. The van der Waals surface area contributed by atoms with Gasteiger partial charge in [-0.05, 0) is 52.6 Å². The maximum absolute atomic E-state index is 8.63. The van der Waals surface area contributed by atoms with Gasteiger partial charge in [-0.15, -0.1) is 0 Å². The SMILES string of the molecule is COc1ccc(CNCc2cccc(CC(=N)C(=N)c3cc(-c4cccnc4)ccc3N)c2)cc1. The van der Waals surface area contributed by atoms with Gasteiger partial charge in [0.1, 0.15) is 5.75 Å². The average Bonchev–Trinajstić information content (AvgIpc) is 2.89. The van der Waals surface area contributed by atoms with Gasteiger partial charge in [0, 0.05) is 48.7 Å². The van der Waals surface area contributed by atoms with Gasteiger partial charge in [0.05, 0.1) is 18.5 Å². The lowest BCUT2D eigenvalue weighted by Gasteiger charge is -2.12.